The maximum absolute atomic E-state index is 5.90. The molecular weight excluding hydrogens is 196 g/mol. The monoisotopic (exact) mass is 214 g/mol. The quantitative estimate of drug-likeness (QED) is 0.666. The van der Waals surface area contributed by atoms with Crippen LogP contribution in [-0.4, -0.2) is 15.4 Å². The van der Waals surface area contributed by atoms with E-state index in [1.165, 1.54) is 12.8 Å². The van der Waals surface area contributed by atoms with E-state index in [-0.39, 0.29) is 0 Å². The van der Waals surface area contributed by atoms with Crippen molar-refractivity contribution in [2.75, 3.05) is 5.88 Å². The Labute approximate surface area is 91.3 Å². The van der Waals surface area contributed by atoms with Crippen LogP contribution in [0.2, 0.25) is 0 Å². The zero-order valence-electron chi connectivity index (χ0n) is 9.04. The highest BCUT2D eigenvalue weighted by Crippen LogP contribution is 2.15. The number of hydrogen-bond donors (Lipinski definition) is 0. The van der Waals surface area contributed by atoms with Gasteiger partial charge in [0.15, 0.2) is 0 Å². The highest BCUT2D eigenvalue weighted by atomic mass is 35.5. The first-order chi connectivity index (χ1) is 6.77. The van der Waals surface area contributed by atoms with Crippen molar-refractivity contribution >= 4 is 11.6 Å². The van der Waals surface area contributed by atoms with Gasteiger partial charge >= 0.3 is 0 Å². The third kappa shape index (κ3) is 3.33. The molecule has 0 saturated carbocycles. The van der Waals surface area contributed by atoms with Crippen LogP contribution in [-0.2, 0) is 13.5 Å². The van der Waals surface area contributed by atoms with Crippen LogP contribution in [0.3, 0.4) is 0 Å². The molecule has 0 spiro atoms. The molecule has 0 aliphatic heterocycles. The molecule has 0 aliphatic rings. The number of rotatable bonds is 6. The standard InChI is InChI=1S/C11H19ClN2/c1-3-4-10(9-12)5-6-11-13-7-8-14(11)2/h7-8,10H,3-6,9H2,1-2H3. The van der Waals surface area contributed by atoms with Crippen molar-refractivity contribution in [1.29, 1.82) is 0 Å². The predicted molar refractivity (Wildman–Crippen MR) is 60.6 cm³/mol. The highest BCUT2D eigenvalue weighted by molar-refractivity contribution is 6.18. The molecule has 1 unspecified atom stereocenters. The number of alkyl halides is 1. The molecule has 0 saturated heterocycles. The molecule has 1 aromatic heterocycles. The summed E-state index contributed by atoms with van der Waals surface area (Å²) in [5.74, 6) is 2.59. The molecule has 80 valence electrons. The fourth-order valence-electron chi connectivity index (χ4n) is 1.68. The molecule has 0 N–H and O–H groups in total. The average Bonchev–Trinajstić information content (AvgIpc) is 2.59. The Morgan fingerprint density at radius 3 is 2.79 bits per heavy atom. The van der Waals surface area contributed by atoms with Crippen LogP contribution in [0.4, 0.5) is 0 Å². The first-order valence-corrected chi connectivity index (χ1v) is 5.83. The van der Waals surface area contributed by atoms with Crippen molar-refractivity contribution in [2.45, 2.75) is 32.6 Å². The average molecular weight is 215 g/mol. The van der Waals surface area contributed by atoms with Gasteiger partial charge < -0.3 is 4.57 Å². The SMILES string of the molecule is CCCC(CCl)CCc1nccn1C. The molecule has 0 fully saturated rings. The lowest BCUT2D eigenvalue weighted by atomic mass is 10.00. The molecule has 0 bridgehead atoms. The molecule has 0 aliphatic carbocycles. The first-order valence-electron chi connectivity index (χ1n) is 5.30. The summed E-state index contributed by atoms with van der Waals surface area (Å²) in [6.07, 6.45) is 8.49. The number of aryl methyl sites for hydroxylation is 2. The fourth-order valence-corrected chi connectivity index (χ4v) is 1.99. The number of hydrogen-bond acceptors (Lipinski definition) is 1. The van der Waals surface area contributed by atoms with Crippen molar-refractivity contribution in [3.8, 4) is 0 Å². The second kappa shape index (κ2) is 6.07. The number of imidazole rings is 1. The Morgan fingerprint density at radius 1 is 1.50 bits per heavy atom. The lowest BCUT2D eigenvalue weighted by Crippen LogP contribution is -2.06. The highest BCUT2D eigenvalue weighted by Gasteiger charge is 2.08. The van der Waals surface area contributed by atoms with Crippen LogP contribution in [0.25, 0.3) is 0 Å². The van der Waals surface area contributed by atoms with E-state index in [4.69, 9.17) is 11.6 Å². The minimum Gasteiger partial charge on any atom is -0.338 e. The molecule has 1 rings (SSSR count). The van der Waals surface area contributed by atoms with Crippen molar-refractivity contribution in [1.82, 2.24) is 9.55 Å². The molecule has 0 radical (unpaired) electrons. The van der Waals surface area contributed by atoms with Gasteiger partial charge in [-0.25, -0.2) is 4.98 Å². The summed E-state index contributed by atoms with van der Waals surface area (Å²) >= 11 is 5.90. The van der Waals surface area contributed by atoms with E-state index in [9.17, 15) is 0 Å². The molecule has 0 aromatic carbocycles. The minimum absolute atomic E-state index is 0.651. The van der Waals surface area contributed by atoms with Crippen LogP contribution in [0.5, 0.6) is 0 Å². The van der Waals surface area contributed by atoms with E-state index in [0.717, 1.165) is 24.5 Å². The van der Waals surface area contributed by atoms with E-state index >= 15 is 0 Å². The van der Waals surface area contributed by atoms with Gasteiger partial charge in [-0.3, -0.25) is 0 Å². The Balaban J connectivity index is 2.35. The third-order valence-electron chi connectivity index (χ3n) is 2.61. The van der Waals surface area contributed by atoms with Crippen LogP contribution < -0.4 is 0 Å². The summed E-state index contributed by atoms with van der Waals surface area (Å²) in [6.45, 7) is 2.21. The van der Waals surface area contributed by atoms with Crippen molar-refractivity contribution in [3.63, 3.8) is 0 Å². The van der Waals surface area contributed by atoms with Gasteiger partial charge in [-0.05, 0) is 18.8 Å². The van der Waals surface area contributed by atoms with E-state index in [0.29, 0.717) is 5.92 Å². The van der Waals surface area contributed by atoms with Crippen molar-refractivity contribution in [2.24, 2.45) is 13.0 Å². The van der Waals surface area contributed by atoms with Gasteiger partial charge in [0.1, 0.15) is 5.82 Å². The number of halogens is 1. The largest absolute Gasteiger partial charge is 0.338 e. The van der Waals surface area contributed by atoms with Gasteiger partial charge in [0.05, 0.1) is 0 Å². The summed E-state index contributed by atoms with van der Waals surface area (Å²) in [5, 5.41) is 0. The number of aromatic nitrogens is 2. The van der Waals surface area contributed by atoms with Crippen LogP contribution in [0.15, 0.2) is 12.4 Å². The third-order valence-corrected chi connectivity index (χ3v) is 3.05. The molecular formula is C11H19ClN2. The molecule has 1 atom stereocenters. The molecule has 1 aromatic rings. The lowest BCUT2D eigenvalue weighted by molar-refractivity contribution is 0.482. The topological polar surface area (TPSA) is 17.8 Å². The Morgan fingerprint density at radius 2 is 2.29 bits per heavy atom. The summed E-state index contributed by atoms with van der Waals surface area (Å²) < 4.78 is 2.08. The molecule has 14 heavy (non-hydrogen) atoms. The van der Waals surface area contributed by atoms with Gasteiger partial charge in [0, 0.05) is 31.7 Å². The molecule has 2 nitrogen and oxygen atoms in total. The van der Waals surface area contributed by atoms with Crippen LogP contribution in [0, 0.1) is 5.92 Å². The van der Waals surface area contributed by atoms with Gasteiger partial charge in [-0.2, -0.15) is 0 Å². The lowest BCUT2D eigenvalue weighted by Gasteiger charge is -2.11. The van der Waals surface area contributed by atoms with Crippen molar-refractivity contribution in [3.05, 3.63) is 18.2 Å². The first kappa shape index (κ1) is 11.6. The molecule has 1 heterocycles. The Bertz CT molecular complexity index is 258. The van der Waals surface area contributed by atoms with Crippen molar-refractivity contribution < 1.29 is 0 Å². The summed E-state index contributed by atoms with van der Waals surface area (Å²) in [6, 6.07) is 0. The Kier molecular flexibility index (Phi) is 5.02. The number of nitrogens with zero attached hydrogens (tertiary/aromatic N) is 2. The van der Waals surface area contributed by atoms with Gasteiger partial charge in [0.2, 0.25) is 0 Å². The zero-order valence-corrected chi connectivity index (χ0v) is 9.80. The summed E-state index contributed by atoms with van der Waals surface area (Å²) in [4.78, 5) is 4.30. The van der Waals surface area contributed by atoms with E-state index < -0.39 is 0 Å². The normalized spacial score (nSPS) is 13.1. The van der Waals surface area contributed by atoms with E-state index in [2.05, 4.69) is 16.5 Å². The second-order valence-electron chi connectivity index (χ2n) is 3.80. The van der Waals surface area contributed by atoms with Gasteiger partial charge in [0.25, 0.3) is 0 Å². The minimum atomic E-state index is 0.651. The predicted octanol–water partition coefficient (Wildman–Crippen LogP) is 3.01. The Hall–Kier alpha value is -0.500. The molecule has 3 heteroatoms. The second-order valence-corrected chi connectivity index (χ2v) is 4.11. The smallest absolute Gasteiger partial charge is 0.108 e. The van der Waals surface area contributed by atoms with Crippen LogP contribution >= 0.6 is 11.6 Å². The maximum Gasteiger partial charge on any atom is 0.108 e. The fraction of sp³-hybridized carbons (Fsp3) is 0.727. The zero-order chi connectivity index (χ0) is 10.4. The van der Waals surface area contributed by atoms with Crippen LogP contribution in [0.1, 0.15) is 32.0 Å². The van der Waals surface area contributed by atoms with Gasteiger partial charge in [-0.1, -0.05) is 13.3 Å². The van der Waals surface area contributed by atoms with E-state index in [1.54, 1.807) is 0 Å². The maximum atomic E-state index is 5.90. The summed E-state index contributed by atoms with van der Waals surface area (Å²) in [7, 11) is 2.04. The van der Waals surface area contributed by atoms with Gasteiger partial charge in [-0.15, -0.1) is 11.6 Å². The molecule has 0 amide bonds. The van der Waals surface area contributed by atoms with E-state index in [1.807, 2.05) is 19.4 Å². The summed E-state index contributed by atoms with van der Waals surface area (Å²) in [5.41, 5.74) is 0.